The van der Waals surface area contributed by atoms with Crippen molar-refractivity contribution in [2.24, 2.45) is 14.1 Å². The molecule has 0 spiro atoms. The summed E-state index contributed by atoms with van der Waals surface area (Å²) < 4.78 is 2.59. The topological polar surface area (TPSA) is 103 Å². The molecule has 1 N–H and O–H groups in total. The maximum Gasteiger partial charge on any atom is 0.332 e. The number of aromatic nitrogens is 2. The number of anilines is 1. The van der Waals surface area contributed by atoms with E-state index in [1.54, 1.807) is 31.3 Å². The standard InChI is InChI=1S/C20H24N6O3/c1-23-17(13-18(27)24(2)20(23)29)26-11-9-25(10-12-26)8-7-22-19(28)16-5-3-15(14-21)4-6-16/h3-6,13H,7-12H2,1-2H3,(H,22,28). The van der Waals surface area contributed by atoms with Crippen molar-refractivity contribution >= 4 is 11.7 Å². The number of hydrogen-bond donors (Lipinski definition) is 1. The average Bonchev–Trinajstić information content (AvgIpc) is 2.75. The van der Waals surface area contributed by atoms with Crippen LogP contribution in [-0.2, 0) is 14.1 Å². The van der Waals surface area contributed by atoms with Crippen LogP contribution in [-0.4, -0.2) is 59.2 Å². The van der Waals surface area contributed by atoms with Crippen molar-refractivity contribution in [1.29, 1.82) is 5.26 Å². The van der Waals surface area contributed by atoms with Crippen molar-refractivity contribution in [2.45, 2.75) is 0 Å². The first kappa shape index (κ1) is 20.4. The minimum atomic E-state index is -0.333. The van der Waals surface area contributed by atoms with Crippen LogP contribution < -0.4 is 21.5 Å². The van der Waals surface area contributed by atoms with Gasteiger partial charge in [0.05, 0.1) is 11.6 Å². The molecular formula is C20H24N6O3. The first-order valence-electron chi connectivity index (χ1n) is 9.43. The zero-order valence-electron chi connectivity index (χ0n) is 16.6. The van der Waals surface area contributed by atoms with Crippen molar-refractivity contribution in [1.82, 2.24) is 19.4 Å². The van der Waals surface area contributed by atoms with Crippen molar-refractivity contribution in [3.63, 3.8) is 0 Å². The normalized spacial score (nSPS) is 14.4. The van der Waals surface area contributed by atoms with Crippen molar-refractivity contribution in [2.75, 3.05) is 44.2 Å². The van der Waals surface area contributed by atoms with E-state index in [0.29, 0.717) is 43.1 Å². The number of nitrogens with one attached hydrogen (secondary N) is 1. The second-order valence-corrected chi connectivity index (χ2v) is 7.02. The van der Waals surface area contributed by atoms with Gasteiger partial charge in [0.15, 0.2) is 0 Å². The molecule has 0 unspecified atom stereocenters. The first-order valence-corrected chi connectivity index (χ1v) is 9.43. The number of piperazine rings is 1. The van der Waals surface area contributed by atoms with Gasteiger partial charge in [0.25, 0.3) is 11.5 Å². The third kappa shape index (κ3) is 4.55. The van der Waals surface area contributed by atoms with Crippen molar-refractivity contribution in [3.05, 3.63) is 62.3 Å². The van der Waals surface area contributed by atoms with Crippen LogP contribution in [0.2, 0.25) is 0 Å². The number of carbonyl (C=O) groups excluding carboxylic acids is 1. The van der Waals surface area contributed by atoms with E-state index in [9.17, 15) is 14.4 Å². The molecule has 1 aromatic heterocycles. The maximum absolute atomic E-state index is 12.2. The van der Waals surface area contributed by atoms with Crippen LogP contribution in [0.3, 0.4) is 0 Å². The molecule has 3 rings (SSSR count). The predicted octanol–water partition coefficient (Wildman–Crippen LogP) is -0.492. The highest BCUT2D eigenvalue weighted by atomic mass is 16.2. The maximum atomic E-state index is 12.2. The molecule has 152 valence electrons. The van der Waals surface area contributed by atoms with E-state index in [0.717, 1.165) is 17.7 Å². The molecule has 1 aromatic carbocycles. The molecule has 1 fully saturated rings. The van der Waals surface area contributed by atoms with E-state index in [2.05, 4.69) is 10.2 Å². The number of amides is 1. The molecule has 1 aliphatic heterocycles. The fraction of sp³-hybridized carbons (Fsp3) is 0.400. The molecule has 0 atom stereocenters. The minimum Gasteiger partial charge on any atom is -0.355 e. The van der Waals surface area contributed by atoms with E-state index in [-0.39, 0.29) is 17.2 Å². The first-order chi connectivity index (χ1) is 13.9. The van der Waals surface area contributed by atoms with Gasteiger partial charge in [-0.15, -0.1) is 0 Å². The number of benzene rings is 1. The van der Waals surface area contributed by atoms with Gasteiger partial charge >= 0.3 is 5.69 Å². The predicted molar refractivity (Wildman–Crippen MR) is 109 cm³/mol. The highest BCUT2D eigenvalue weighted by molar-refractivity contribution is 5.94. The van der Waals surface area contributed by atoms with Crippen LogP contribution in [0.1, 0.15) is 15.9 Å². The van der Waals surface area contributed by atoms with E-state index in [1.807, 2.05) is 11.0 Å². The summed E-state index contributed by atoms with van der Waals surface area (Å²) in [5.41, 5.74) is 0.407. The van der Waals surface area contributed by atoms with Gasteiger partial charge in [0.1, 0.15) is 5.82 Å². The van der Waals surface area contributed by atoms with Gasteiger partial charge in [0, 0.05) is 65.0 Å². The molecular weight excluding hydrogens is 372 g/mol. The largest absolute Gasteiger partial charge is 0.355 e. The molecule has 1 amide bonds. The summed E-state index contributed by atoms with van der Waals surface area (Å²) in [6, 6.07) is 10.0. The van der Waals surface area contributed by atoms with Crippen molar-refractivity contribution < 1.29 is 4.79 Å². The number of hydrogen-bond acceptors (Lipinski definition) is 6. The number of rotatable bonds is 5. The van der Waals surface area contributed by atoms with E-state index in [1.165, 1.54) is 17.7 Å². The molecule has 2 heterocycles. The molecule has 1 aliphatic rings. The molecule has 0 bridgehead atoms. The summed E-state index contributed by atoms with van der Waals surface area (Å²) in [6.07, 6.45) is 0. The van der Waals surface area contributed by atoms with E-state index < -0.39 is 0 Å². The van der Waals surface area contributed by atoms with Crippen LogP contribution in [0.5, 0.6) is 0 Å². The Morgan fingerprint density at radius 3 is 2.34 bits per heavy atom. The molecule has 9 heteroatoms. The summed E-state index contributed by atoms with van der Waals surface area (Å²) in [5, 5.41) is 11.7. The van der Waals surface area contributed by atoms with E-state index >= 15 is 0 Å². The minimum absolute atomic E-state index is 0.164. The highest BCUT2D eigenvalue weighted by Gasteiger charge is 2.20. The van der Waals surface area contributed by atoms with Gasteiger partial charge in [-0.05, 0) is 24.3 Å². The van der Waals surface area contributed by atoms with Crippen LogP contribution >= 0.6 is 0 Å². The Morgan fingerprint density at radius 2 is 1.72 bits per heavy atom. The highest BCUT2D eigenvalue weighted by Crippen LogP contribution is 2.12. The SMILES string of the molecule is Cn1c(N2CCN(CCNC(=O)c3ccc(C#N)cc3)CC2)cc(=O)n(C)c1=O. The molecule has 1 saturated heterocycles. The number of nitrogens with zero attached hydrogens (tertiary/aromatic N) is 5. The molecule has 9 nitrogen and oxygen atoms in total. The third-order valence-corrected chi connectivity index (χ3v) is 5.19. The quantitative estimate of drug-likeness (QED) is 0.731. The van der Waals surface area contributed by atoms with Crippen molar-refractivity contribution in [3.8, 4) is 6.07 Å². The summed E-state index contributed by atoms with van der Waals surface area (Å²) in [7, 11) is 3.14. The van der Waals surface area contributed by atoms with Crippen LogP contribution in [0.25, 0.3) is 0 Å². The fourth-order valence-corrected chi connectivity index (χ4v) is 3.35. The monoisotopic (exact) mass is 396 g/mol. The molecule has 0 aliphatic carbocycles. The summed E-state index contributed by atoms with van der Waals surface area (Å²) in [4.78, 5) is 40.5. The zero-order valence-corrected chi connectivity index (χ0v) is 16.6. The summed E-state index contributed by atoms with van der Waals surface area (Å²) >= 11 is 0. The smallest absolute Gasteiger partial charge is 0.332 e. The molecule has 0 radical (unpaired) electrons. The van der Waals surface area contributed by atoms with Gasteiger partial charge in [-0.25, -0.2) is 4.79 Å². The molecule has 0 saturated carbocycles. The Morgan fingerprint density at radius 1 is 1.07 bits per heavy atom. The lowest BCUT2D eigenvalue weighted by Gasteiger charge is -2.36. The summed E-state index contributed by atoms with van der Waals surface area (Å²) in [5.74, 6) is 0.468. The Labute approximate surface area is 168 Å². The van der Waals surface area contributed by atoms with Crippen LogP contribution in [0.4, 0.5) is 5.82 Å². The zero-order chi connectivity index (χ0) is 21.0. The van der Waals surface area contributed by atoms with Gasteiger partial charge in [-0.2, -0.15) is 5.26 Å². The van der Waals surface area contributed by atoms with Gasteiger partial charge in [0.2, 0.25) is 0 Å². The Hall–Kier alpha value is -3.38. The Balaban J connectivity index is 1.49. The average molecular weight is 396 g/mol. The van der Waals surface area contributed by atoms with Gasteiger partial charge in [-0.3, -0.25) is 23.6 Å². The second-order valence-electron chi connectivity index (χ2n) is 7.02. The lowest BCUT2D eigenvalue weighted by Crippen LogP contribution is -2.50. The number of nitriles is 1. The fourth-order valence-electron chi connectivity index (χ4n) is 3.35. The second kappa shape index (κ2) is 8.75. The third-order valence-electron chi connectivity index (χ3n) is 5.19. The van der Waals surface area contributed by atoms with E-state index in [4.69, 9.17) is 5.26 Å². The van der Waals surface area contributed by atoms with Crippen LogP contribution in [0, 0.1) is 11.3 Å². The summed E-state index contributed by atoms with van der Waals surface area (Å²) in [6.45, 7) is 4.18. The van der Waals surface area contributed by atoms with Gasteiger partial charge < -0.3 is 10.2 Å². The van der Waals surface area contributed by atoms with Crippen LogP contribution in [0.15, 0.2) is 39.9 Å². The number of carbonyl (C=O) groups is 1. The Kier molecular flexibility index (Phi) is 6.14. The lowest BCUT2D eigenvalue weighted by molar-refractivity contribution is 0.0947. The van der Waals surface area contributed by atoms with Gasteiger partial charge in [-0.1, -0.05) is 0 Å². The molecule has 29 heavy (non-hydrogen) atoms. The lowest BCUT2D eigenvalue weighted by atomic mass is 10.1. The molecule has 2 aromatic rings. The Bertz CT molecular complexity index is 1040.